The van der Waals surface area contributed by atoms with Crippen LogP contribution in [0.4, 0.5) is 5.69 Å². The first-order chi connectivity index (χ1) is 11.6. The Morgan fingerprint density at radius 1 is 1.33 bits per heavy atom. The fourth-order valence-corrected chi connectivity index (χ4v) is 3.68. The Labute approximate surface area is 144 Å². The lowest BCUT2D eigenvalue weighted by molar-refractivity contribution is -0.117. The number of hydrogen-bond donors (Lipinski definition) is 2. The molecule has 0 spiro atoms. The monoisotopic (exact) mass is 331 g/mol. The Hall–Kier alpha value is -1.43. The molecule has 0 unspecified atom stereocenters. The summed E-state index contributed by atoms with van der Waals surface area (Å²) in [7, 11) is 0. The maximum atomic E-state index is 12.4. The first kappa shape index (κ1) is 17.4. The van der Waals surface area contributed by atoms with Gasteiger partial charge in [0.2, 0.25) is 5.91 Å². The Kier molecular flexibility index (Phi) is 5.87. The third-order valence-corrected chi connectivity index (χ3v) is 5.25. The summed E-state index contributed by atoms with van der Waals surface area (Å²) < 4.78 is 5.40. The summed E-state index contributed by atoms with van der Waals surface area (Å²) >= 11 is 0. The minimum absolute atomic E-state index is 0.0870. The van der Waals surface area contributed by atoms with E-state index in [0.717, 1.165) is 63.4 Å². The summed E-state index contributed by atoms with van der Waals surface area (Å²) in [6, 6.07) is 6.53. The zero-order valence-electron chi connectivity index (χ0n) is 14.6. The van der Waals surface area contributed by atoms with Gasteiger partial charge in [0.25, 0.3) is 0 Å². The van der Waals surface area contributed by atoms with Crippen LogP contribution >= 0.6 is 0 Å². The first-order valence-electron chi connectivity index (χ1n) is 9.07. The van der Waals surface area contributed by atoms with Gasteiger partial charge in [0.1, 0.15) is 0 Å². The molecule has 1 amide bonds. The van der Waals surface area contributed by atoms with E-state index in [1.165, 1.54) is 5.56 Å². The number of ether oxygens (including phenoxy) is 1. The SMILES string of the molecule is Cc1ccc(CN2CCOCC2)cc1NC(=O)C[C@@H]1CCC[C@H]1N. The number of nitrogens with one attached hydrogen (secondary N) is 1. The first-order valence-corrected chi connectivity index (χ1v) is 9.07. The van der Waals surface area contributed by atoms with Crippen LogP contribution in [0.15, 0.2) is 18.2 Å². The average molecular weight is 331 g/mol. The molecule has 1 aromatic rings. The van der Waals surface area contributed by atoms with E-state index in [4.69, 9.17) is 10.5 Å². The van der Waals surface area contributed by atoms with E-state index in [2.05, 4.69) is 28.4 Å². The van der Waals surface area contributed by atoms with Gasteiger partial charge in [0.05, 0.1) is 13.2 Å². The second-order valence-electron chi connectivity index (χ2n) is 7.14. The number of amides is 1. The standard InChI is InChI=1S/C19H29N3O2/c1-14-5-6-15(13-22-7-9-24-10-8-22)11-18(14)21-19(23)12-16-3-2-4-17(16)20/h5-6,11,16-17H,2-4,7-10,12-13,20H2,1H3,(H,21,23)/t16-,17+/m0/s1. The topological polar surface area (TPSA) is 67.6 Å². The van der Waals surface area contributed by atoms with Crippen LogP contribution in [-0.2, 0) is 16.1 Å². The normalized spacial score (nSPS) is 24.9. The van der Waals surface area contributed by atoms with E-state index in [1.807, 2.05) is 6.92 Å². The lowest BCUT2D eigenvalue weighted by Gasteiger charge is -2.26. The predicted molar refractivity (Wildman–Crippen MR) is 95.8 cm³/mol. The molecule has 24 heavy (non-hydrogen) atoms. The zero-order valence-corrected chi connectivity index (χ0v) is 14.6. The minimum atomic E-state index is 0.0870. The molecule has 1 heterocycles. The summed E-state index contributed by atoms with van der Waals surface area (Å²) in [5.41, 5.74) is 9.34. The van der Waals surface area contributed by atoms with Crippen LogP contribution in [0, 0.1) is 12.8 Å². The van der Waals surface area contributed by atoms with E-state index >= 15 is 0 Å². The van der Waals surface area contributed by atoms with E-state index in [9.17, 15) is 4.79 Å². The highest BCUT2D eigenvalue weighted by molar-refractivity contribution is 5.91. The second kappa shape index (κ2) is 8.10. The number of nitrogens with two attached hydrogens (primary N) is 1. The molecule has 2 atom stereocenters. The smallest absolute Gasteiger partial charge is 0.224 e. The maximum Gasteiger partial charge on any atom is 0.224 e. The molecule has 1 aliphatic carbocycles. The molecule has 5 nitrogen and oxygen atoms in total. The molecule has 0 aromatic heterocycles. The van der Waals surface area contributed by atoms with Gasteiger partial charge in [0.15, 0.2) is 0 Å². The number of anilines is 1. The van der Waals surface area contributed by atoms with Crippen LogP contribution in [0.5, 0.6) is 0 Å². The summed E-state index contributed by atoms with van der Waals surface area (Å²) in [5.74, 6) is 0.422. The molecule has 3 rings (SSSR count). The van der Waals surface area contributed by atoms with Gasteiger partial charge in [-0.3, -0.25) is 9.69 Å². The fraction of sp³-hybridized carbons (Fsp3) is 0.632. The van der Waals surface area contributed by atoms with Crippen LogP contribution < -0.4 is 11.1 Å². The van der Waals surface area contributed by atoms with Gasteiger partial charge in [-0.25, -0.2) is 0 Å². The molecule has 0 radical (unpaired) electrons. The van der Waals surface area contributed by atoms with Crippen molar-refractivity contribution in [3.8, 4) is 0 Å². The van der Waals surface area contributed by atoms with E-state index in [0.29, 0.717) is 12.3 Å². The van der Waals surface area contributed by atoms with Crippen molar-refractivity contribution < 1.29 is 9.53 Å². The van der Waals surface area contributed by atoms with Crippen molar-refractivity contribution in [3.05, 3.63) is 29.3 Å². The van der Waals surface area contributed by atoms with Crippen molar-refractivity contribution in [2.24, 2.45) is 11.7 Å². The summed E-state index contributed by atoms with van der Waals surface area (Å²) in [6.45, 7) is 6.48. The highest BCUT2D eigenvalue weighted by Gasteiger charge is 2.26. The van der Waals surface area contributed by atoms with Crippen molar-refractivity contribution in [2.45, 2.75) is 45.2 Å². The Morgan fingerprint density at radius 2 is 2.12 bits per heavy atom. The Morgan fingerprint density at radius 3 is 2.83 bits per heavy atom. The number of benzene rings is 1. The van der Waals surface area contributed by atoms with Gasteiger partial charge in [-0.15, -0.1) is 0 Å². The molecule has 1 aliphatic heterocycles. The van der Waals surface area contributed by atoms with Crippen LogP contribution in [0.1, 0.15) is 36.8 Å². The zero-order chi connectivity index (χ0) is 16.9. The van der Waals surface area contributed by atoms with Crippen LogP contribution in [0.25, 0.3) is 0 Å². The maximum absolute atomic E-state index is 12.4. The molecular formula is C19H29N3O2. The fourth-order valence-electron chi connectivity index (χ4n) is 3.68. The van der Waals surface area contributed by atoms with Gasteiger partial charge in [-0.2, -0.15) is 0 Å². The number of hydrogen-bond acceptors (Lipinski definition) is 4. The Balaban J connectivity index is 1.59. The van der Waals surface area contributed by atoms with Crippen molar-refractivity contribution in [1.29, 1.82) is 0 Å². The average Bonchev–Trinajstić information content (AvgIpc) is 2.96. The third-order valence-electron chi connectivity index (χ3n) is 5.25. The summed E-state index contributed by atoms with van der Waals surface area (Å²) in [4.78, 5) is 14.8. The van der Waals surface area contributed by atoms with Gasteiger partial charge in [-0.05, 0) is 42.9 Å². The predicted octanol–water partition coefficient (Wildman–Crippen LogP) is 2.28. The molecule has 3 N–H and O–H groups in total. The lowest BCUT2D eigenvalue weighted by atomic mass is 9.99. The lowest BCUT2D eigenvalue weighted by Crippen LogP contribution is -2.35. The minimum Gasteiger partial charge on any atom is -0.379 e. The largest absolute Gasteiger partial charge is 0.379 e. The van der Waals surface area contributed by atoms with Crippen LogP contribution in [0.3, 0.4) is 0 Å². The number of rotatable bonds is 5. The molecule has 0 bridgehead atoms. The molecule has 1 saturated carbocycles. The van der Waals surface area contributed by atoms with Crippen LogP contribution in [-0.4, -0.2) is 43.2 Å². The number of aryl methyl sites for hydroxylation is 1. The molecule has 5 heteroatoms. The number of morpholine rings is 1. The summed E-state index contributed by atoms with van der Waals surface area (Å²) in [5, 5.41) is 3.10. The van der Waals surface area contributed by atoms with Gasteiger partial charge >= 0.3 is 0 Å². The Bertz CT molecular complexity index is 570. The van der Waals surface area contributed by atoms with Crippen molar-refractivity contribution in [2.75, 3.05) is 31.6 Å². The number of carbonyl (C=O) groups excluding carboxylic acids is 1. The van der Waals surface area contributed by atoms with Crippen LogP contribution in [0.2, 0.25) is 0 Å². The molecule has 132 valence electrons. The van der Waals surface area contributed by atoms with Crippen molar-refractivity contribution in [1.82, 2.24) is 4.90 Å². The van der Waals surface area contributed by atoms with E-state index < -0.39 is 0 Å². The van der Waals surface area contributed by atoms with Crippen molar-refractivity contribution >= 4 is 11.6 Å². The molecule has 2 fully saturated rings. The van der Waals surface area contributed by atoms with Crippen molar-refractivity contribution in [3.63, 3.8) is 0 Å². The molecular weight excluding hydrogens is 302 g/mol. The van der Waals surface area contributed by atoms with E-state index in [1.54, 1.807) is 0 Å². The molecule has 1 aromatic carbocycles. The second-order valence-corrected chi connectivity index (χ2v) is 7.14. The highest BCUT2D eigenvalue weighted by atomic mass is 16.5. The van der Waals surface area contributed by atoms with Gasteiger partial charge in [-0.1, -0.05) is 18.6 Å². The summed E-state index contributed by atoms with van der Waals surface area (Å²) in [6.07, 6.45) is 3.80. The van der Waals surface area contributed by atoms with E-state index in [-0.39, 0.29) is 11.9 Å². The highest BCUT2D eigenvalue weighted by Crippen LogP contribution is 2.27. The molecule has 1 saturated heterocycles. The van der Waals surface area contributed by atoms with Gasteiger partial charge in [0, 0.05) is 37.8 Å². The number of nitrogens with zero attached hydrogens (tertiary/aromatic N) is 1. The molecule has 2 aliphatic rings. The quantitative estimate of drug-likeness (QED) is 0.869. The van der Waals surface area contributed by atoms with Gasteiger partial charge < -0.3 is 15.8 Å². The number of carbonyl (C=O) groups is 1. The third kappa shape index (κ3) is 4.56.